The normalized spacial score (nSPS) is 22.7. The van der Waals surface area contributed by atoms with Crippen molar-refractivity contribution < 1.29 is 9.59 Å². The number of nitriles is 1. The summed E-state index contributed by atoms with van der Waals surface area (Å²) in [6.45, 7) is 1.96. The van der Waals surface area contributed by atoms with Crippen LogP contribution in [0.15, 0.2) is 71.2 Å². The van der Waals surface area contributed by atoms with E-state index in [1.54, 1.807) is 17.0 Å². The van der Waals surface area contributed by atoms with Crippen LogP contribution in [0.3, 0.4) is 0 Å². The summed E-state index contributed by atoms with van der Waals surface area (Å²) in [5, 5.41) is 13.1. The van der Waals surface area contributed by atoms with Gasteiger partial charge in [0.05, 0.1) is 11.3 Å². The number of nitrogens with zero attached hydrogens (tertiary/aromatic N) is 2. The molecule has 1 spiro atoms. The molecule has 148 valence electrons. The van der Waals surface area contributed by atoms with E-state index >= 15 is 0 Å². The lowest BCUT2D eigenvalue weighted by Crippen LogP contribution is -2.50. The van der Waals surface area contributed by atoms with Gasteiger partial charge in [-0.05, 0) is 37.5 Å². The average Bonchev–Trinajstić information content (AvgIpc) is 3.02. The zero-order chi connectivity index (χ0) is 21.0. The number of hydrogen-bond donors (Lipinski definition) is 2. The van der Waals surface area contributed by atoms with E-state index in [9.17, 15) is 14.9 Å². The molecule has 6 heteroatoms. The molecule has 2 aromatic rings. The summed E-state index contributed by atoms with van der Waals surface area (Å²) in [6, 6.07) is 17.1. The molecule has 0 bridgehead atoms. The number of carbonyl (C=O) groups excluding carboxylic acids is 2. The van der Waals surface area contributed by atoms with E-state index in [2.05, 4.69) is 11.4 Å². The molecular weight excluding hydrogens is 376 g/mol. The lowest BCUT2D eigenvalue weighted by Gasteiger charge is -2.43. The Labute approximate surface area is 174 Å². The van der Waals surface area contributed by atoms with Gasteiger partial charge in [-0.25, -0.2) is 0 Å². The molecule has 30 heavy (non-hydrogen) atoms. The van der Waals surface area contributed by atoms with Crippen LogP contribution in [0.2, 0.25) is 0 Å². The number of hydrogen-bond acceptors (Lipinski definition) is 5. The molecule has 0 aromatic heterocycles. The van der Waals surface area contributed by atoms with Gasteiger partial charge in [0.1, 0.15) is 17.3 Å². The average molecular weight is 396 g/mol. The number of nitrogens with one attached hydrogen (secondary N) is 1. The Morgan fingerprint density at radius 1 is 1.10 bits per heavy atom. The highest BCUT2D eigenvalue weighted by molar-refractivity contribution is 6.19. The van der Waals surface area contributed by atoms with E-state index in [1.165, 1.54) is 0 Å². The van der Waals surface area contributed by atoms with E-state index in [0.29, 0.717) is 41.8 Å². The first-order valence-corrected chi connectivity index (χ1v) is 9.95. The molecular formula is C24H20N4O2. The number of para-hydroxylation sites is 2. The highest BCUT2D eigenvalue weighted by Gasteiger charge is 2.60. The van der Waals surface area contributed by atoms with Crippen LogP contribution >= 0.6 is 0 Å². The Balaban J connectivity index is 1.91. The molecule has 0 radical (unpaired) electrons. The Hall–Kier alpha value is -3.85. The van der Waals surface area contributed by atoms with Crippen molar-refractivity contribution in [2.75, 3.05) is 10.2 Å². The van der Waals surface area contributed by atoms with Gasteiger partial charge in [-0.15, -0.1) is 0 Å². The first-order valence-electron chi connectivity index (χ1n) is 9.95. The number of nitrogens with two attached hydrogens (primary N) is 1. The topological polar surface area (TPSA) is 99.2 Å². The van der Waals surface area contributed by atoms with Crippen molar-refractivity contribution in [1.29, 1.82) is 5.26 Å². The van der Waals surface area contributed by atoms with Gasteiger partial charge in [-0.2, -0.15) is 5.26 Å². The number of amides is 1. The second-order valence-corrected chi connectivity index (χ2v) is 7.84. The monoisotopic (exact) mass is 396 g/mol. The van der Waals surface area contributed by atoms with Crippen LogP contribution in [-0.2, 0) is 15.0 Å². The lowest BCUT2D eigenvalue weighted by molar-refractivity contribution is -0.122. The van der Waals surface area contributed by atoms with Gasteiger partial charge in [0, 0.05) is 28.9 Å². The molecule has 0 saturated heterocycles. The maximum absolute atomic E-state index is 13.5. The van der Waals surface area contributed by atoms with Crippen molar-refractivity contribution in [1.82, 2.24) is 0 Å². The van der Waals surface area contributed by atoms with Gasteiger partial charge in [0.25, 0.3) is 0 Å². The van der Waals surface area contributed by atoms with Gasteiger partial charge in [0.2, 0.25) is 5.91 Å². The van der Waals surface area contributed by atoms with E-state index < -0.39 is 11.3 Å². The molecule has 1 atom stereocenters. The van der Waals surface area contributed by atoms with Crippen LogP contribution < -0.4 is 16.0 Å². The molecule has 3 N–H and O–H groups in total. The highest BCUT2D eigenvalue weighted by atomic mass is 16.2. The molecule has 2 heterocycles. The number of ketones is 1. The third kappa shape index (κ3) is 2.12. The van der Waals surface area contributed by atoms with E-state index in [-0.39, 0.29) is 17.2 Å². The number of aryl methyl sites for hydroxylation is 1. The predicted molar refractivity (Wildman–Crippen MR) is 113 cm³/mol. The number of carbonyl (C=O) groups is 2. The fourth-order valence-electron chi connectivity index (χ4n) is 5.04. The minimum atomic E-state index is -1.50. The maximum atomic E-state index is 13.5. The van der Waals surface area contributed by atoms with Crippen LogP contribution in [-0.4, -0.2) is 11.7 Å². The van der Waals surface area contributed by atoms with Crippen molar-refractivity contribution in [3.05, 3.63) is 82.3 Å². The van der Waals surface area contributed by atoms with Crippen molar-refractivity contribution in [3.8, 4) is 6.07 Å². The van der Waals surface area contributed by atoms with Gasteiger partial charge in [-0.3, -0.25) is 14.5 Å². The number of fused-ring (bicyclic) bond motifs is 3. The Bertz CT molecular complexity index is 1230. The smallest absolute Gasteiger partial charge is 0.245 e. The van der Waals surface area contributed by atoms with Crippen molar-refractivity contribution in [2.24, 2.45) is 5.73 Å². The van der Waals surface area contributed by atoms with Crippen LogP contribution in [0, 0.1) is 18.3 Å². The summed E-state index contributed by atoms with van der Waals surface area (Å²) in [7, 11) is 0. The quantitative estimate of drug-likeness (QED) is 0.770. The van der Waals surface area contributed by atoms with Crippen molar-refractivity contribution in [3.63, 3.8) is 0 Å². The van der Waals surface area contributed by atoms with Crippen LogP contribution in [0.25, 0.3) is 0 Å². The fourth-order valence-corrected chi connectivity index (χ4v) is 5.04. The molecule has 3 aliphatic rings. The van der Waals surface area contributed by atoms with Gasteiger partial charge in [-0.1, -0.05) is 36.4 Å². The highest BCUT2D eigenvalue weighted by Crippen LogP contribution is 2.55. The second kappa shape index (κ2) is 6.33. The maximum Gasteiger partial charge on any atom is 0.245 e. The molecule has 0 fully saturated rings. The minimum absolute atomic E-state index is 0.0993. The van der Waals surface area contributed by atoms with Gasteiger partial charge < -0.3 is 11.1 Å². The molecule has 1 unspecified atom stereocenters. The van der Waals surface area contributed by atoms with Crippen LogP contribution in [0.4, 0.5) is 11.4 Å². The number of Topliss-reactive ketones (excluding diaryl/α,β-unsaturated/α-hetero) is 1. The summed E-state index contributed by atoms with van der Waals surface area (Å²) >= 11 is 0. The van der Waals surface area contributed by atoms with Crippen molar-refractivity contribution >= 4 is 23.1 Å². The first-order chi connectivity index (χ1) is 14.5. The van der Waals surface area contributed by atoms with Crippen LogP contribution in [0.5, 0.6) is 0 Å². The third-order valence-electron chi connectivity index (χ3n) is 6.29. The molecule has 1 amide bonds. The predicted octanol–water partition coefficient (Wildman–Crippen LogP) is 3.41. The molecule has 2 aromatic carbocycles. The largest absolute Gasteiger partial charge is 0.384 e. The first kappa shape index (κ1) is 18.2. The standard InChI is InChI=1S/C24H20N4O2/c1-14-7-2-5-10-18(14)28-19-11-6-12-20(29)21(19)24(16(13-25)22(28)26)15-8-3-4-9-17(15)27-23(24)30/h2-5,7-10H,6,11-12,26H2,1H3,(H,27,30). The zero-order valence-corrected chi connectivity index (χ0v) is 16.5. The van der Waals surface area contributed by atoms with Gasteiger partial charge in [0.15, 0.2) is 5.78 Å². The molecule has 0 saturated carbocycles. The van der Waals surface area contributed by atoms with Gasteiger partial charge >= 0.3 is 0 Å². The Kier molecular flexibility index (Phi) is 3.84. The molecule has 1 aliphatic carbocycles. The number of allylic oxidation sites excluding steroid dienone is 1. The summed E-state index contributed by atoms with van der Waals surface area (Å²) in [5.74, 6) is -0.301. The van der Waals surface area contributed by atoms with E-state index in [0.717, 1.165) is 11.3 Å². The zero-order valence-electron chi connectivity index (χ0n) is 16.5. The van der Waals surface area contributed by atoms with Crippen LogP contribution in [0.1, 0.15) is 30.4 Å². The summed E-state index contributed by atoms with van der Waals surface area (Å²) in [5.41, 5.74) is 9.31. The third-order valence-corrected chi connectivity index (χ3v) is 6.29. The van der Waals surface area contributed by atoms with E-state index in [4.69, 9.17) is 5.73 Å². The molecule has 6 nitrogen and oxygen atoms in total. The fraction of sp³-hybridized carbons (Fsp3) is 0.208. The Morgan fingerprint density at radius 2 is 1.83 bits per heavy atom. The molecule has 2 aliphatic heterocycles. The lowest BCUT2D eigenvalue weighted by atomic mass is 9.64. The number of rotatable bonds is 1. The second-order valence-electron chi connectivity index (χ2n) is 7.84. The summed E-state index contributed by atoms with van der Waals surface area (Å²) < 4.78 is 0. The SMILES string of the molecule is Cc1ccccc1N1C(N)=C(C#N)C2(C(=O)Nc3ccccc32)C2=C1CCCC2=O. The van der Waals surface area contributed by atoms with Crippen molar-refractivity contribution in [2.45, 2.75) is 31.6 Å². The van der Waals surface area contributed by atoms with E-state index in [1.807, 2.05) is 43.3 Å². The minimum Gasteiger partial charge on any atom is -0.384 e. The summed E-state index contributed by atoms with van der Waals surface area (Å²) in [4.78, 5) is 28.6. The molecule has 5 rings (SSSR count). The summed E-state index contributed by atoms with van der Waals surface area (Å²) in [6.07, 6.45) is 1.62. The number of benzene rings is 2. The number of anilines is 2. The Morgan fingerprint density at radius 3 is 2.60 bits per heavy atom.